The summed E-state index contributed by atoms with van der Waals surface area (Å²) < 4.78 is 40.8. The van der Waals surface area contributed by atoms with Gasteiger partial charge in [0.1, 0.15) is 6.54 Å². The maximum Gasteiger partial charge on any atom is 0.406 e. The summed E-state index contributed by atoms with van der Waals surface area (Å²) in [6, 6.07) is 5.39. The van der Waals surface area contributed by atoms with E-state index in [0.717, 1.165) is 9.44 Å². The van der Waals surface area contributed by atoms with Crippen LogP contribution in [0.15, 0.2) is 28.7 Å². The third kappa shape index (κ3) is 4.78. The molecular weight excluding hydrogens is 399 g/mol. The highest BCUT2D eigenvalue weighted by atomic mass is 32.2. The summed E-state index contributed by atoms with van der Waals surface area (Å²) >= 11 is 2.74. The Bertz CT molecular complexity index is 931. The number of rotatable bonds is 7. The molecule has 0 unspecified atom stereocenters. The number of tetrazole rings is 1. The number of hydrogen-bond donors (Lipinski definition) is 0. The molecule has 3 heterocycles. The van der Waals surface area contributed by atoms with Gasteiger partial charge in [-0.2, -0.15) is 13.2 Å². The van der Waals surface area contributed by atoms with Crippen molar-refractivity contribution in [3.63, 3.8) is 0 Å². The van der Waals surface area contributed by atoms with Gasteiger partial charge in [-0.3, -0.25) is 4.79 Å². The molecule has 0 radical (unpaired) electrons. The van der Waals surface area contributed by atoms with E-state index in [1.54, 1.807) is 22.9 Å². The van der Waals surface area contributed by atoms with Crippen LogP contribution in [0.5, 0.6) is 0 Å². The van der Waals surface area contributed by atoms with Crippen molar-refractivity contribution in [2.24, 2.45) is 0 Å². The third-order valence-corrected chi connectivity index (χ3v) is 5.75. The predicted molar refractivity (Wildman–Crippen MR) is 96.3 cm³/mol. The van der Waals surface area contributed by atoms with Gasteiger partial charge in [0.05, 0.1) is 12.3 Å². The zero-order valence-corrected chi connectivity index (χ0v) is 16.2. The van der Waals surface area contributed by atoms with Gasteiger partial charge in [-0.15, -0.1) is 16.4 Å². The topological polar surface area (TPSA) is 65.6 Å². The number of ketones is 1. The van der Waals surface area contributed by atoms with Crippen molar-refractivity contribution < 1.29 is 18.0 Å². The van der Waals surface area contributed by atoms with Gasteiger partial charge in [0.25, 0.3) is 0 Å². The fraction of sp³-hybridized carbons (Fsp3) is 0.375. The molecule has 0 spiro atoms. The molecule has 0 aliphatic heterocycles. The molecule has 0 bridgehead atoms. The standard InChI is InChI=1S/C16H16F3N5OS2/c1-10-6-13(11(2)23(10)9-16(17,18)19)14(25)8-27-15-20-21-22-24(15)7-12-4-3-5-26-12/h3-6H,7-9H2,1-2H3. The van der Waals surface area contributed by atoms with Crippen LogP contribution in [-0.2, 0) is 13.1 Å². The van der Waals surface area contributed by atoms with Gasteiger partial charge in [0, 0.05) is 21.8 Å². The molecule has 0 fully saturated rings. The first-order valence-corrected chi connectivity index (χ1v) is 9.79. The molecular formula is C16H16F3N5OS2. The van der Waals surface area contributed by atoms with Crippen LogP contribution in [0.3, 0.4) is 0 Å². The zero-order chi connectivity index (χ0) is 19.6. The molecule has 11 heteroatoms. The summed E-state index contributed by atoms with van der Waals surface area (Å²) in [6.07, 6.45) is -4.34. The molecule has 0 aliphatic carbocycles. The molecule has 3 aromatic heterocycles. The van der Waals surface area contributed by atoms with Gasteiger partial charge in [-0.05, 0) is 41.8 Å². The van der Waals surface area contributed by atoms with E-state index in [1.165, 1.54) is 24.8 Å². The van der Waals surface area contributed by atoms with Crippen molar-refractivity contribution >= 4 is 28.9 Å². The number of carbonyl (C=O) groups excluding carboxylic acids is 1. The minimum atomic E-state index is -4.34. The number of carbonyl (C=O) groups is 1. The molecule has 0 aromatic carbocycles. The number of aromatic nitrogens is 5. The van der Waals surface area contributed by atoms with Gasteiger partial charge < -0.3 is 4.57 Å². The summed E-state index contributed by atoms with van der Waals surface area (Å²) in [7, 11) is 0. The number of alkyl halides is 3. The molecule has 6 nitrogen and oxygen atoms in total. The Morgan fingerprint density at radius 2 is 2.11 bits per heavy atom. The zero-order valence-electron chi connectivity index (χ0n) is 14.5. The second kappa shape index (κ2) is 7.85. The first kappa shape index (κ1) is 19.6. The van der Waals surface area contributed by atoms with E-state index in [2.05, 4.69) is 15.5 Å². The van der Waals surface area contributed by atoms with Crippen LogP contribution in [-0.4, -0.2) is 42.5 Å². The summed E-state index contributed by atoms with van der Waals surface area (Å²) in [5.41, 5.74) is 1.01. The van der Waals surface area contributed by atoms with Crippen LogP contribution in [0.25, 0.3) is 0 Å². The summed E-state index contributed by atoms with van der Waals surface area (Å²) in [5, 5.41) is 13.9. The number of nitrogens with zero attached hydrogens (tertiary/aromatic N) is 5. The summed E-state index contributed by atoms with van der Waals surface area (Å²) in [6.45, 7) is 2.48. The lowest BCUT2D eigenvalue weighted by Crippen LogP contribution is -2.19. The minimum absolute atomic E-state index is 0.0428. The third-order valence-electron chi connectivity index (χ3n) is 3.93. The largest absolute Gasteiger partial charge is 0.406 e. The van der Waals surface area contributed by atoms with Gasteiger partial charge in [-0.25, -0.2) is 4.68 Å². The fourth-order valence-electron chi connectivity index (χ4n) is 2.66. The maximum absolute atomic E-state index is 12.7. The van der Waals surface area contributed by atoms with Crippen molar-refractivity contribution in [1.82, 2.24) is 24.8 Å². The lowest BCUT2D eigenvalue weighted by Gasteiger charge is -2.12. The molecule has 0 saturated heterocycles. The molecule has 3 aromatic rings. The molecule has 0 N–H and O–H groups in total. The van der Waals surface area contributed by atoms with E-state index in [0.29, 0.717) is 28.7 Å². The monoisotopic (exact) mass is 415 g/mol. The average Bonchev–Trinajstić information content (AvgIpc) is 3.30. The maximum atomic E-state index is 12.7. The normalized spacial score (nSPS) is 11.9. The Balaban J connectivity index is 1.69. The Morgan fingerprint density at radius 3 is 2.78 bits per heavy atom. The molecule has 0 aliphatic rings. The van der Waals surface area contributed by atoms with Crippen LogP contribution in [0.4, 0.5) is 13.2 Å². The molecule has 0 atom stereocenters. The van der Waals surface area contributed by atoms with E-state index >= 15 is 0 Å². The summed E-state index contributed by atoms with van der Waals surface area (Å²) in [4.78, 5) is 13.6. The van der Waals surface area contributed by atoms with E-state index in [9.17, 15) is 18.0 Å². The van der Waals surface area contributed by atoms with Crippen molar-refractivity contribution in [3.8, 4) is 0 Å². The highest BCUT2D eigenvalue weighted by Crippen LogP contribution is 2.25. The minimum Gasteiger partial charge on any atom is -0.339 e. The predicted octanol–water partition coefficient (Wildman–Crippen LogP) is 3.74. The second-order valence-corrected chi connectivity index (χ2v) is 7.87. The highest BCUT2D eigenvalue weighted by molar-refractivity contribution is 7.99. The molecule has 27 heavy (non-hydrogen) atoms. The second-order valence-electron chi connectivity index (χ2n) is 5.90. The van der Waals surface area contributed by atoms with Crippen molar-refractivity contribution in [2.75, 3.05) is 5.75 Å². The van der Waals surface area contributed by atoms with E-state index in [1.807, 2.05) is 17.5 Å². The highest BCUT2D eigenvalue weighted by Gasteiger charge is 2.30. The number of thioether (sulfide) groups is 1. The average molecular weight is 415 g/mol. The van der Waals surface area contributed by atoms with Crippen molar-refractivity contribution in [2.45, 2.75) is 38.3 Å². The van der Waals surface area contributed by atoms with Gasteiger partial charge in [-0.1, -0.05) is 17.8 Å². The molecule has 0 saturated carbocycles. The van der Waals surface area contributed by atoms with E-state index < -0.39 is 12.7 Å². The van der Waals surface area contributed by atoms with Gasteiger partial charge >= 0.3 is 6.18 Å². The number of thiophene rings is 1. The smallest absolute Gasteiger partial charge is 0.339 e. The van der Waals surface area contributed by atoms with Crippen LogP contribution in [0.2, 0.25) is 0 Å². The van der Waals surface area contributed by atoms with Crippen molar-refractivity contribution in [1.29, 1.82) is 0 Å². The van der Waals surface area contributed by atoms with Crippen LogP contribution in [0.1, 0.15) is 26.6 Å². The Hall–Kier alpha value is -2.14. The van der Waals surface area contributed by atoms with Crippen LogP contribution >= 0.6 is 23.1 Å². The fourth-order valence-corrected chi connectivity index (χ4v) is 4.11. The number of Topliss-reactive ketones (excluding diaryl/α,β-unsaturated/α-hetero) is 1. The van der Waals surface area contributed by atoms with E-state index in [-0.39, 0.29) is 11.5 Å². The van der Waals surface area contributed by atoms with Crippen LogP contribution in [0, 0.1) is 13.8 Å². The Kier molecular flexibility index (Phi) is 5.70. The Morgan fingerprint density at radius 1 is 1.33 bits per heavy atom. The number of halogens is 3. The first-order chi connectivity index (χ1) is 12.7. The molecule has 0 amide bonds. The number of hydrogen-bond acceptors (Lipinski definition) is 6. The van der Waals surface area contributed by atoms with Crippen molar-refractivity contribution in [3.05, 3.63) is 45.4 Å². The molecule has 3 rings (SSSR count). The molecule has 144 valence electrons. The SMILES string of the molecule is Cc1cc(C(=O)CSc2nnnn2Cc2cccs2)c(C)n1CC(F)(F)F. The lowest BCUT2D eigenvalue weighted by atomic mass is 10.2. The van der Waals surface area contributed by atoms with Gasteiger partial charge in [0.2, 0.25) is 5.16 Å². The van der Waals surface area contributed by atoms with Gasteiger partial charge in [0.15, 0.2) is 5.78 Å². The number of aryl methyl sites for hydroxylation is 1. The quantitative estimate of drug-likeness (QED) is 0.435. The lowest BCUT2D eigenvalue weighted by molar-refractivity contribution is -0.141. The summed E-state index contributed by atoms with van der Waals surface area (Å²) in [5.74, 6) is -0.214. The Labute approximate surface area is 161 Å². The first-order valence-electron chi connectivity index (χ1n) is 7.92. The van der Waals surface area contributed by atoms with Crippen LogP contribution < -0.4 is 0 Å². The van der Waals surface area contributed by atoms with E-state index in [4.69, 9.17) is 0 Å².